The third-order valence-electron chi connectivity index (χ3n) is 4.83. The summed E-state index contributed by atoms with van der Waals surface area (Å²) in [5.74, 6) is 1.41. The third kappa shape index (κ3) is 3.69. The summed E-state index contributed by atoms with van der Waals surface area (Å²) in [6.07, 6.45) is 2.22. The van der Waals surface area contributed by atoms with Crippen molar-refractivity contribution in [3.05, 3.63) is 58.9 Å². The minimum absolute atomic E-state index is 0.357. The Morgan fingerprint density at radius 3 is 3.04 bits per heavy atom. The summed E-state index contributed by atoms with van der Waals surface area (Å²) in [7, 11) is 0. The number of likely N-dealkylation sites (tertiary alicyclic amines) is 1. The van der Waals surface area contributed by atoms with E-state index >= 15 is 0 Å². The fourth-order valence-corrected chi connectivity index (χ4v) is 3.96. The van der Waals surface area contributed by atoms with Crippen LogP contribution in [0, 0.1) is 6.92 Å². The van der Waals surface area contributed by atoms with Crippen molar-refractivity contribution in [3.8, 4) is 0 Å². The van der Waals surface area contributed by atoms with Gasteiger partial charge in [-0.25, -0.2) is 4.98 Å². The number of imidazole rings is 1. The van der Waals surface area contributed by atoms with Gasteiger partial charge in [0.1, 0.15) is 5.82 Å². The molecule has 26 heavy (non-hydrogen) atoms. The van der Waals surface area contributed by atoms with Gasteiger partial charge in [-0.05, 0) is 67.9 Å². The van der Waals surface area contributed by atoms with E-state index in [-0.39, 0.29) is 0 Å². The molecule has 1 aliphatic rings. The zero-order valence-corrected chi connectivity index (χ0v) is 16.2. The highest BCUT2D eigenvalue weighted by Gasteiger charge is 2.25. The van der Waals surface area contributed by atoms with Crippen molar-refractivity contribution < 1.29 is 0 Å². The van der Waals surface area contributed by atoms with E-state index in [4.69, 9.17) is 28.8 Å². The van der Waals surface area contributed by atoms with Crippen LogP contribution >= 0.6 is 23.8 Å². The fraction of sp³-hybridized carbons (Fsp3) is 0.300. The molecule has 1 aromatic heterocycles. The maximum Gasteiger partial charge on any atom is 0.173 e. The number of benzene rings is 2. The molecule has 2 aromatic carbocycles. The summed E-state index contributed by atoms with van der Waals surface area (Å²) in [5.41, 5.74) is 4.30. The summed E-state index contributed by atoms with van der Waals surface area (Å²) in [5, 5.41) is 4.74. The van der Waals surface area contributed by atoms with Gasteiger partial charge in [0, 0.05) is 29.7 Å². The van der Waals surface area contributed by atoms with E-state index < -0.39 is 0 Å². The van der Waals surface area contributed by atoms with Crippen LogP contribution in [-0.4, -0.2) is 33.1 Å². The topological polar surface area (TPSA) is 44.0 Å². The number of halogens is 1. The normalized spacial score (nSPS) is 17.5. The molecule has 1 atom stereocenters. The molecule has 1 saturated heterocycles. The van der Waals surface area contributed by atoms with Gasteiger partial charge in [0.25, 0.3) is 0 Å². The van der Waals surface area contributed by atoms with Crippen LogP contribution < -0.4 is 5.32 Å². The Morgan fingerprint density at radius 1 is 1.31 bits per heavy atom. The number of anilines is 1. The Kier molecular flexibility index (Phi) is 4.83. The fourth-order valence-electron chi connectivity index (χ4n) is 3.49. The molecule has 1 aliphatic heterocycles. The third-order valence-corrected chi connectivity index (χ3v) is 5.42. The number of fused-ring (bicyclic) bond motifs is 1. The number of aromatic nitrogens is 2. The zero-order chi connectivity index (χ0) is 18.1. The van der Waals surface area contributed by atoms with Crippen LogP contribution in [-0.2, 0) is 0 Å². The average Bonchev–Trinajstić information content (AvgIpc) is 3.05. The van der Waals surface area contributed by atoms with Crippen LogP contribution in [0.25, 0.3) is 11.0 Å². The van der Waals surface area contributed by atoms with Gasteiger partial charge in [-0.15, -0.1) is 0 Å². The molecule has 3 aromatic rings. The van der Waals surface area contributed by atoms with Crippen LogP contribution in [0.15, 0.2) is 42.5 Å². The summed E-state index contributed by atoms with van der Waals surface area (Å²) >= 11 is 11.7. The monoisotopic (exact) mass is 384 g/mol. The molecule has 4 rings (SSSR count). The van der Waals surface area contributed by atoms with Crippen LogP contribution in [0.1, 0.15) is 30.1 Å². The largest absolute Gasteiger partial charge is 0.348 e. The lowest BCUT2D eigenvalue weighted by atomic mass is 9.98. The molecule has 0 unspecified atom stereocenters. The number of hydrogen-bond acceptors (Lipinski definition) is 2. The Morgan fingerprint density at radius 2 is 2.19 bits per heavy atom. The van der Waals surface area contributed by atoms with Crippen molar-refractivity contribution in [1.29, 1.82) is 0 Å². The quantitative estimate of drug-likeness (QED) is 0.603. The summed E-state index contributed by atoms with van der Waals surface area (Å²) in [6, 6.07) is 14.0. The summed E-state index contributed by atoms with van der Waals surface area (Å²) in [4.78, 5) is 10.5. The van der Waals surface area contributed by atoms with Crippen molar-refractivity contribution in [2.24, 2.45) is 0 Å². The van der Waals surface area contributed by atoms with Crippen LogP contribution in [0.2, 0.25) is 5.02 Å². The van der Waals surface area contributed by atoms with Gasteiger partial charge in [-0.2, -0.15) is 0 Å². The van der Waals surface area contributed by atoms with Gasteiger partial charge < -0.3 is 15.2 Å². The van der Waals surface area contributed by atoms with E-state index in [1.54, 1.807) is 0 Å². The number of aryl methyl sites for hydroxylation is 1. The van der Waals surface area contributed by atoms with E-state index in [9.17, 15) is 0 Å². The van der Waals surface area contributed by atoms with E-state index in [1.165, 1.54) is 5.56 Å². The molecule has 134 valence electrons. The summed E-state index contributed by atoms with van der Waals surface area (Å²) in [6.45, 7) is 3.93. The van der Waals surface area contributed by atoms with Gasteiger partial charge in [0.2, 0.25) is 0 Å². The first-order valence-electron chi connectivity index (χ1n) is 8.86. The lowest BCUT2D eigenvalue weighted by Crippen LogP contribution is -2.41. The lowest BCUT2D eigenvalue weighted by molar-refractivity contribution is 0.307. The maximum atomic E-state index is 6.06. The van der Waals surface area contributed by atoms with E-state index in [1.807, 2.05) is 24.3 Å². The SMILES string of the molecule is Cc1ccc2nc([C@H]3CCCN(C(=S)Nc4cccc(Cl)c4)C3)[nH]c2c1. The maximum absolute atomic E-state index is 6.06. The Hall–Kier alpha value is -2.11. The number of hydrogen-bond donors (Lipinski definition) is 2. The van der Waals surface area contributed by atoms with Gasteiger partial charge >= 0.3 is 0 Å². The van der Waals surface area contributed by atoms with Crippen molar-refractivity contribution in [2.45, 2.75) is 25.7 Å². The van der Waals surface area contributed by atoms with Crippen LogP contribution in [0.5, 0.6) is 0 Å². The molecule has 0 saturated carbocycles. The minimum atomic E-state index is 0.357. The molecular formula is C20H21ClN4S. The second-order valence-electron chi connectivity index (χ2n) is 6.87. The molecule has 1 fully saturated rings. The van der Waals surface area contributed by atoms with Gasteiger partial charge in [0.15, 0.2) is 5.11 Å². The smallest absolute Gasteiger partial charge is 0.173 e. The Balaban J connectivity index is 1.48. The Bertz CT molecular complexity index is 952. The average molecular weight is 385 g/mol. The second kappa shape index (κ2) is 7.25. The van der Waals surface area contributed by atoms with Gasteiger partial charge in [-0.1, -0.05) is 23.7 Å². The molecule has 0 radical (unpaired) electrons. The van der Waals surface area contributed by atoms with Crippen molar-refractivity contribution in [2.75, 3.05) is 18.4 Å². The van der Waals surface area contributed by atoms with E-state index in [0.29, 0.717) is 10.9 Å². The predicted octanol–water partition coefficient (Wildman–Crippen LogP) is 5.10. The van der Waals surface area contributed by atoms with Crippen LogP contribution in [0.4, 0.5) is 5.69 Å². The molecule has 0 amide bonds. The summed E-state index contributed by atoms with van der Waals surface area (Å²) < 4.78 is 0. The molecule has 4 nitrogen and oxygen atoms in total. The number of thiocarbonyl (C=S) groups is 1. The van der Waals surface area contributed by atoms with Crippen LogP contribution in [0.3, 0.4) is 0 Å². The number of nitrogens with one attached hydrogen (secondary N) is 2. The molecule has 0 bridgehead atoms. The second-order valence-corrected chi connectivity index (χ2v) is 7.69. The minimum Gasteiger partial charge on any atom is -0.348 e. The number of nitrogens with zero attached hydrogens (tertiary/aromatic N) is 2. The molecule has 6 heteroatoms. The number of rotatable bonds is 2. The van der Waals surface area contributed by atoms with E-state index in [0.717, 1.165) is 53.6 Å². The highest BCUT2D eigenvalue weighted by molar-refractivity contribution is 7.80. The highest BCUT2D eigenvalue weighted by atomic mass is 35.5. The van der Waals surface area contributed by atoms with Gasteiger partial charge in [-0.3, -0.25) is 0 Å². The molecule has 0 aliphatic carbocycles. The first-order valence-corrected chi connectivity index (χ1v) is 9.65. The Labute approximate surface area is 163 Å². The van der Waals surface area contributed by atoms with Gasteiger partial charge in [0.05, 0.1) is 11.0 Å². The number of aromatic amines is 1. The van der Waals surface area contributed by atoms with Crippen molar-refractivity contribution in [1.82, 2.24) is 14.9 Å². The first kappa shape index (κ1) is 17.3. The lowest BCUT2D eigenvalue weighted by Gasteiger charge is -2.33. The highest BCUT2D eigenvalue weighted by Crippen LogP contribution is 2.27. The zero-order valence-electron chi connectivity index (χ0n) is 14.6. The van der Waals surface area contributed by atoms with Crippen molar-refractivity contribution in [3.63, 3.8) is 0 Å². The molecule has 2 N–H and O–H groups in total. The standard InChI is InChI=1S/C20H21ClN4S/c1-13-7-8-17-18(10-13)24-19(23-17)14-4-3-9-25(12-14)20(26)22-16-6-2-5-15(21)11-16/h2,5-8,10-11,14H,3-4,9,12H2,1H3,(H,22,26)(H,23,24)/t14-/m0/s1. The number of piperidine rings is 1. The number of H-pyrrole nitrogens is 1. The predicted molar refractivity (Wildman–Crippen MR) is 112 cm³/mol. The van der Waals surface area contributed by atoms with Crippen molar-refractivity contribution >= 4 is 45.7 Å². The molecule has 2 heterocycles. The molecular weight excluding hydrogens is 364 g/mol. The van der Waals surface area contributed by atoms with E-state index in [2.05, 4.69) is 40.3 Å². The first-order chi connectivity index (χ1) is 12.6. The molecule has 0 spiro atoms.